The van der Waals surface area contributed by atoms with Crippen molar-refractivity contribution in [2.75, 3.05) is 38.5 Å². The minimum Gasteiger partial charge on any atom is -0.476 e. The van der Waals surface area contributed by atoms with Crippen LogP contribution in [0.15, 0.2) is 34.5 Å². The summed E-state index contributed by atoms with van der Waals surface area (Å²) < 4.78 is 27.6. The molecule has 0 bridgehead atoms. The summed E-state index contributed by atoms with van der Waals surface area (Å²) in [5.41, 5.74) is 0.642. The average molecular weight is 507 g/mol. The van der Waals surface area contributed by atoms with E-state index in [0.29, 0.717) is 38.5 Å². The Kier molecular flexibility index (Phi) is 7.66. The number of aromatic nitrogens is 1. The van der Waals surface area contributed by atoms with E-state index in [2.05, 4.69) is 15.2 Å². The van der Waals surface area contributed by atoms with Crippen LogP contribution in [0, 0.1) is 5.92 Å². The first-order valence-corrected chi connectivity index (χ1v) is 13.8. The Hall–Kier alpha value is -2.34. The molecule has 9 nitrogen and oxygen atoms in total. The van der Waals surface area contributed by atoms with Gasteiger partial charge in [-0.25, -0.2) is 18.2 Å². The molecule has 2 heterocycles. The number of nitrogens with one attached hydrogen (secondary N) is 1. The molecule has 2 fully saturated rings. The molecule has 1 amide bonds. The molecule has 0 spiro atoms. The number of benzene rings is 1. The highest BCUT2D eigenvalue weighted by Gasteiger charge is 2.30. The van der Waals surface area contributed by atoms with Crippen molar-refractivity contribution in [2.24, 2.45) is 5.92 Å². The summed E-state index contributed by atoms with van der Waals surface area (Å²) in [7, 11) is -1.61. The molecule has 4 rings (SSSR count). The number of nitrogens with zero attached hydrogens (tertiary/aromatic N) is 3. The molecule has 2 aliphatic rings. The first kappa shape index (κ1) is 24.8. The van der Waals surface area contributed by atoms with Gasteiger partial charge in [0.1, 0.15) is 0 Å². The number of carbonyl (C=O) groups is 2. The van der Waals surface area contributed by atoms with E-state index < -0.39 is 21.9 Å². The molecule has 0 radical (unpaired) electrons. The van der Waals surface area contributed by atoms with E-state index in [9.17, 15) is 18.0 Å². The normalized spacial score (nSPS) is 19.2. The summed E-state index contributed by atoms with van der Waals surface area (Å²) in [5, 5.41) is 13.5. The van der Waals surface area contributed by atoms with Crippen molar-refractivity contribution in [2.45, 2.75) is 42.9 Å². The average Bonchev–Trinajstić information content (AvgIpc) is 3.50. The number of carbonyl (C=O) groups excluding carboxylic acids is 1. The molecule has 184 valence electrons. The first-order valence-electron chi connectivity index (χ1n) is 11.5. The Morgan fingerprint density at radius 1 is 1.15 bits per heavy atom. The lowest BCUT2D eigenvalue weighted by atomic mass is 9.87. The van der Waals surface area contributed by atoms with Crippen LogP contribution in [0.2, 0.25) is 0 Å². The third kappa shape index (κ3) is 5.65. The van der Waals surface area contributed by atoms with Crippen molar-refractivity contribution < 1.29 is 23.1 Å². The fourth-order valence-corrected chi connectivity index (χ4v) is 6.75. The van der Waals surface area contributed by atoms with Crippen LogP contribution in [0.3, 0.4) is 0 Å². The van der Waals surface area contributed by atoms with E-state index in [1.807, 2.05) is 7.05 Å². The number of amides is 1. The van der Waals surface area contributed by atoms with Gasteiger partial charge in [-0.15, -0.1) is 11.3 Å². The molecule has 1 aliphatic heterocycles. The predicted octanol–water partition coefficient (Wildman–Crippen LogP) is 3.08. The lowest BCUT2D eigenvalue weighted by Gasteiger charge is -2.31. The van der Waals surface area contributed by atoms with Crippen molar-refractivity contribution in [3.63, 3.8) is 0 Å². The Morgan fingerprint density at radius 3 is 2.38 bits per heavy atom. The number of likely N-dealkylation sites (N-methyl/N-ethyl adjacent to an activating group) is 1. The fourth-order valence-electron chi connectivity index (χ4n) is 4.65. The SMILES string of the molecule is CN1CCN(S(=O)(=O)c2ccc(C(CC3CCCC3)C(=O)Nc3nc(C(=O)O)cs3)cc2)CC1. The predicted molar refractivity (Wildman–Crippen MR) is 130 cm³/mol. The van der Waals surface area contributed by atoms with Gasteiger partial charge in [-0.3, -0.25) is 4.79 Å². The van der Waals surface area contributed by atoms with Crippen molar-refractivity contribution in [3.8, 4) is 0 Å². The van der Waals surface area contributed by atoms with Crippen LogP contribution in [0.25, 0.3) is 0 Å². The zero-order valence-electron chi connectivity index (χ0n) is 19.1. The number of piperazine rings is 1. The maximum absolute atomic E-state index is 13.2. The third-order valence-electron chi connectivity index (χ3n) is 6.70. The molecule has 2 aromatic rings. The summed E-state index contributed by atoms with van der Waals surface area (Å²) in [4.78, 5) is 30.6. The number of carboxylic acid groups (broad SMARTS) is 1. The summed E-state index contributed by atoms with van der Waals surface area (Å²) >= 11 is 1.07. The third-order valence-corrected chi connectivity index (χ3v) is 9.37. The van der Waals surface area contributed by atoms with Gasteiger partial charge in [0.15, 0.2) is 10.8 Å². The second-order valence-corrected chi connectivity index (χ2v) is 11.8. The van der Waals surface area contributed by atoms with E-state index in [4.69, 9.17) is 5.11 Å². The maximum atomic E-state index is 13.2. The Morgan fingerprint density at radius 2 is 1.79 bits per heavy atom. The number of aromatic carboxylic acids is 1. The molecule has 1 aliphatic carbocycles. The lowest BCUT2D eigenvalue weighted by Crippen LogP contribution is -2.47. The largest absolute Gasteiger partial charge is 0.476 e. The number of hydrogen-bond acceptors (Lipinski definition) is 7. The van der Waals surface area contributed by atoms with E-state index in [1.54, 1.807) is 24.3 Å². The van der Waals surface area contributed by atoms with Crippen molar-refractivity contribution >= 4 is 38.4 Å². The van der Waals surface area contributed by atoms with Gasteiger partial charge >= 0.3 is 5.97 Å². The lowest BCUT2D eigenvalue weighted by molar-refractivity contribution is -0.118. The van der Waals surface area contributed by atoms with Gasteiger partial charge in [-0.2, -0.15) is 4.31 Å². The molecule has 2 N–H and O–H groups in total. The highest BCUT2D eigenvalue weighted by atomic mass is 32.2. The number of hydrogen-bond donors (Lipinski definition) is 2. The van der Waals surface area contributed by atoms with Crippen molar-refractivity contribution in [1.82, 2.24) is 14.2 Å². The van der Waals surface area contributed by atoms with Gasteiger partial charge < -0.3 is 15.3 Å². The summed E-state index contributed by atoms with van der Waals surface area (Å²) in [6.07, 6.45) is 5.10. The summed E-state index contributed by atoms with van der Waals surface area (Å²) in [5.74, 6) is -1.44. The molecule has 1 aromatic carbocycles. The van der Waals surface area contributed by atoms with Gasteiger partial charge in [-0.05, 0) is 37.1 Å². The van der Waals surface area contributed by atoms with Crippen molar-refractivity contribution in [1.29, 1.82) is 0 Å². The Labute approximate surface area is 203 Å². The van der Waals surface area contributed by atoms with Crippen LogP contribution in [-0.2, 0) is 14.8 Å². The number of carboxylic acids is 1. The highest BCUT2D eigenvalue weighted by Crippen LogP contribution is 2.35. The molecule has 34 heavy (non-hydrogen) atoms. The molecule has 1 atom stereocenters. The highest BCUT2D eigenvalue weighted by molar-refractivity contribution is 7.89. The topological polar surface area (TPSA) is 120 Å². The van der Waals surface area contributed by atoms with Crippen LogP contribution < -0.4 is 5.32 Å². The van der Waals surface area contributed by atoms with Crippen LogP contribution in [0.5, 0.6) is 0 Å². The number of thiazole rings is 1. The summed E-state index contributed by atoms with van der Waals surface area (Å²) in [6, 6.07) is 6.63. The molecular weight excluding hydrogens is 476 g/mol. The molecule has 1 unspecified atom stereocenters. The van der Waals surface area contributed by atoms with E-state index >= 15 is 0 Å². The minimum atomic E-state index is -3.58. The second kappa shape index (κ2) is 10.5. The standard InChI is InChI=1S/C23H30N4O5S2/c1-26-10-12-27(13-11-26)34(31,32)18-8-6-17(7-9-18)19(14-16-4-2-3-5-16)21(28)25-23-24-20(15-33-23)22(29)30/h6-9,15-16,19H,2-5,10-14H2,1H3,(H,29,30)(H,24,25,28). The van der Waals surface area contributed by atoms with E-state index in [0.717, 1.165) is 42.6 Å². The van der Waals surface area contributed by atoms with E-state index in [1.165, 1.54) is 9.69 Å². The number of rotatable bonds is 8. The minimum absolute atomic E-state index is 0.105. The Bertz CT molecular complexity index is 1120. The number of anilines is 1. The smallest absolute Gasteiger partial charge is 0.355 e. The van der Waals surface area contributed by atoms with Gasteiger partial charge in [0, 0.05) is 31.6 Å². The number of sulfonamides is 1. The molecule has 11 heteroatoms. The zero-order chi connectivity index (χ0) is 24.3. The monoisotopic (exact) mass is 506 g/mol. The van der Waals surface area contributed by atoms with Gasteiger partial charge in [0.05, 0.1) is 10.8 Å². The van der Waals surface area contributed by atoms with Crippen LogP contribution in [0.1, 0.15) is 54.1 Å². The van der Waals surface area contributed by atoms with Crippen LogP contribution >= 0.6 is 11.3 Å². The summed E-state index contributed by atoms with van der Waals surface area (Å²) in [6.45, 7) is 2.31. The quantitative estimate of drug-likeness (QED) is 0.565. The van der Waals surface area contributed by atoms with Gasteiger partial charge in [0.2, 0.25) is 15.9 Å². The fraction of sp³-hybridized carbons (Fsp3) is 0.522. The van der Waals surface area contributed by atoms with Gasteiger partial charge in [-0.1, -0.05) is 37.8 Å². The molecule has 1 aromatic heterocycles. The Balaban J connectivity index is 1.53. The molecule has 1 saturated heterocycles. The first-order chi connectivity index (χ1) is 16.2. The molecule has 1 saturated carbocycles. The van der Waals surface area contributed by atoms with Gasteiger partial charge in [0.25, 0.3) is 0 Å². The molecular formula is C23H30N4O5S2. The zero-order valence-corrected chi connectivity index (χ0v) is 20.8. The maximum Gasteiger partial charge on any atom is 0.355 e. The van der Waals surface area contributed by atoms with Crippen LogP contribution in [0.4, 0.5) is 5.13 Å². The second-order valence-electron chi connectivity index (χ2n) is 9.05. The van der Waals surface area contributed by atoms with Crippen molar-refractivity contribution in [3.05, 3.63) is 40.9 Å². The van der Waals surface area contributed by atoms with E-state index in [-0.39, 0.29) is 21.6 Å². The van der Waals surface area contributed by atoms with Crippen LogP contribution in [-0.4, -0.2) is 72.8 Å².